The average Bonchev–Trinajstić information content (AvgIpc) is 2.19. The Balaban J connectivity index is 2.94. The molecule has 1 unspecified atom stereocenters. The van der Waals surface area contributed by atoms with Crippen LogP contribution >= 0.6 is 0 Å². The summed E-state index contributed by atoms with van der Waals surface area (Å²) in [5, 5.41) is 2.69. The predicted molar refractivity (Wildman–Crippen MR) is 58.2 cm³/mol. The van der Waals surface area contributed by atoms with E-state index in [2.05, 4.69) is 15.3 Å². The summed E-state index contributed by atoms with van der Waals surface area (Å²) in [6, 6.07) is -0.649. The molecule has 0 aliphatic rings. The van der Waals surface area contributed by atoms with Crippen LogP contribution < -0.4 is 11.1 Å². The van der Waals surface area contributed by atoms with Gasteiger partial charge in [-0.05, 0) is 12.8 Å². The zero-order valence-corrected chi connectivity index (χ0v) is 9.49. The van der Waals surface area contributed by atoms with Crippen molar-refractivity contribution in [3.05, 3.63) is 17.8 Å². The lowest BCUT2D eigenvalue weighted by Crippen LogP contribution is -2.40. The highest BCUT2D eigenvalue weighted by molar-refractivity contribution is 5.82. The molecule has 0 spiro atoms. The molecule has 0 aromatic carbocycles. The number of nitrogens with two attached hydrogens (primary N) is 1. The quantitative estimate of drug-likeness (QED) is 0.797. The number of carbonyl (C=O) groups is 1. The second-order valence-electron chi connectivity index (χ2n) is 3.89. The van der Waals surface area contributed by atoms with Crippen molar-refractivity contribution in [1.29, 1.82) is 0 Å². The third kappa shape index (κ3) is 2.65. The van der Waals surface area contributed by atoms with E-state index in [4.69, 9.17) is 5.73 Å². The number of amides is 1. The second-order valence-corrected chi connectivity index (χ2v) is 3.89. The van der Waals surface area contributed by atoms with E-state index in [1.165, 1.54) is 13.3 Å². The Kier molecular flexibility index (Phi) is 3.76. The Bertz CT molecular complexity index is 394. The molecule has 3 N–H and O–H groups in total. The normalized spacial score (nSPS) is 12.6. The molecule has 88 valence electrons. The molecule has 1 atom stereocenters. The van der Waals surface area contributed by atoms with Crippen LogP contribution in [-0.4, -0.2) is 21.9 Å². The largest absolute Gasteiger partial charge is 0.368 e. The highest BCUT2D eigenvalue weighted by atomic mass is 19.1. The Hall–Kier alpha value is -1.72. The lowest BCUT2D eigenvalue weighted by Gasteiger charge is -2.19. The number of anilines is 1. The van der Waals surface area contributed by atoms with Crippen molar-refractivity contribution in [2.45, 2.75) is 26.8 Å². The summed E-state index contributed by atoms with van der Waals surface area (Å²) < 4.78 is 13.5. The minimum atomic E-state index is -0.649. The first-order chi connectivity index (χ1) is 7.43. The van der Waals surface area contributed by atoms with Crippen LogP contribution in [0.4, 0.5) is 10.2 Å². The number of hydrogen-bond acceptors (Lipinski definition) is 4. The molecule has 5 nitrogen and oxygen atoms in total. The Morgan fingerprint density at radius 1 is 1.50 bits per heavy atom. The maximum Gasteiger partial charge on any atom is 0.240 e. The van der Waals surface area contributed by atoms with Crippen molar-refractivity contribution in [1.82, 2.24) is 9.97 Å². The zero-order chi connectivity index (χ0) is 12.3. The van der Waals surface area contributed by atoms with E-state index in [-0.39, 0.29) is 17.4 Å². The summed E-state index contributed by atoms with van der Waals surface area (Å²) in [7, 11) is 0. The predicted octanol–water partition coefficient (Wildman–Crippen LogP) is 0.846. The standard InChI is InChI=1S/C10H15FN4O/c1-5(2)8(9(12)16)15-10-7(11)6(3)13-4-14-10/h4-5,8H,1-3H3,(H2,12,16)(H,13,14,15). The van der Waals surface area contributed by atoms with E-state index in [9.17, 15) is 9.18 Å². The molecule has 0 radical (unpaired) electrons. The molecule has 1 aromatic heterocycles. The molecule has 16 heavy (non-hydrogen) atoms. The van der Waals surface area contributed by atoms with Gasteiger partial charge in [0.2, 0.25) is 5.91 Å². The molecular formula is C10H15FN4O. The van der Waals surface area contributed by atoms with Gasteiger partial charge in [0.1, 0.15) is 12.4 Å². The van der Waals surface area contributed by atoms with Crippen molar-refractivity contribution in [2.24, 2.45) is 11.7 Å². The molecule has 6 heteroatoms. The smallest absolute Gasteiger partial charge is 0.240 e. The van der Waals surface area contributed by atoms with Gasteiger partial charge < -0.3 is 11.1 Å². The number of nitrogens with zero attached hydrogens (tertiary/aromatic N) is 2. The fraction of sp³-hybridized carbons (Fsp3) is 0.500. The van der Waals surface area contributed by atoms with Crippen molar-refractivity contribution < 1.29 is 9.18 Å². The number of rotatable bonds is 4. The summed E-state index contributed by atoms with van der Waals surface area (Å²) in [5.41, 5.74) is 5.43. The van der Waals surface area contributed by atoms with E-state index in [1.807, 2.05) is 13.8 Å². The van der Waals surface area contributed by atoms with Gasteiger partial charge in [-0.3, -0.25) is 4.79 Å². The molecule has 1 rings (SSSR count). The number of halogens is 1. The van der Waals surface area contributed by atoms with Crippen LogP contribution in [0.2, 0.25) is 0 Å². The van der Waals surface area contributed by atoms with Crippen LogP contribution in [0.5, 0.6) is 0 Å². The van der Waals surface area contributed by atoms with Gasteiger partial charge in [0.25, 0.3) is 0 Å². The number of primary amides is 1. The van der Waals surface area contributed by atoms with Crippen LogP contribution in [0.15, 0.2) is 6.33 Å². The summed E-state index contributed by atoms with van der Waals surface area (Å²) in [6.07, 6.45) is 1.24. The van der Waals surface area contributed by atoms with Crippen molar-refractivity contribution in [2.75, 3.05) is 5.32 Å². The molecular weight excluding hydrogens is 211 g/mol. The molecule has 0 fully saturated rings. The van der Waals surface area contributed by atoms with Gasteiger partial charge in [0.05, 0.1) is 5.69 Å². The summed E-state index contributed by atoms with van der Waals surface area (Å²) >= 11 is 0. The topological polar surface area (TPSA) is 80.9 Å². The average molecular weight is 226 g/mol. The highest BCUT2D eigenvalue weighted by Gasteiger charge is 2.21. The maximum absolute atomic E-state index is 13.5. The molecule has 0 saturated carbocycles. The lowest BCUT2D eigenvalue weighted by molar-refractivity contribution is -0.119. The Morgan fingerprint density at radius 3 is 2.62 bits per heavy atom. The van der Waals surface area contributed by atoms with Crippen LogP contribution in [-0.2, 0) is 4.79 Å². The number of nitrogens with one attached hydrogen (secondary N) is 1. The van der Waals surface area contributed by atoms with Gasteiger partial charge in [0.15, 0.2) is 11.6 Å². The third-order valence-electron chi connectivity index (χ3n) is 2.23. The van der Waals surface area contributed by atoms with E-state index in [0.29, 0.717) is 0 Å². The molecule has 0 saturated heterocycles. The van der Waals surface area contributed by atoms with E-state index >= 15 is 0 Å². The highest BCUT2D eigenvalue weighted by Crippen LogP contribution is 2.15. The summed E-state index contributed by atoms with van der Waals surface area (Å²) in [5.74, 6) is -1.14. The third-order valence-corrected chi connectivity index (χ3v) is 2.23. The fourth-order valence-electron chi connectivity index (χ4n) is 1.27. The zero-order valence-electron chi connectivity index (χ0n) is 9.49. The number of carbonyl (C=O) groups excluding carboxylic acids is 1. The van der Waals surface area contributed by atoms with Crippen LogP contribution in [0.3, 0.4) is 0 Å². The monoisotopic (exact) mass is 226 g/mol. The van der Waals surface area contributed by atoms with Crippen molar-refractivity contribution in [3.63, 3.8) is 0 Å². The first-order valence-corrected chi connectivity index (χ1v) is 4.96. The molecule has 0 aliphatic carbocycles. The SMILES string of the molecule is Cc1ncnc(NC(C(N)=O)C(C)C)c1F. The van der Waals surface area contributed by atoms with Crippen LogP contribution in [0.25, 0.3) is 0 Å². The Labute approximate surface area is 93.3 Å². The minimum absolute atomic E-state index is 0.00463. The second kappa shape index (κ2) is 4.87. The number of hydrogen-bond donors (Lipinski definition) is 2. The Morgan fingerprint density at radius 2 is 2.12 bits per heavy atom. The molecule has 0 bridgehead atoms. The first kappa shape index (κ1) is 12.4. The fourth-order valence-corrected chi connectivity index (χ4v) is 1.27. The van der Waals surface area contributed by atoms with Crippen LogP contribution in [0.1, 0.15) is 19.5 Å². The first-order valence-electron chi connectivity index (χ1n) is 4.96. The minimum Gasteiger partial charge on any atom is -0.368 e. The van der Waals surface area contributed by atoms with E-state index in [0.717, 1.165) is 0 Å². The molecule has 1 aromatic rings. The van der Waals surface area contributed by atoms with E-state index in [1.54, 1.807) is 0 Å². The summed E-state index contributed by atoms with van der Waals surface area (Å²) in [6.45, 7) is 5.15. The van der Waals surface area contributed by atoms with Gasteiger partial charge >= 0.3 is 0 Å². The summed E-state index contributed by atoms with van der Waals surface area (Å²) in [4.78, 5) is 18.6. The van der Waals surface area contributed by atoms with Crippen LogP contribution in [0, 0.1) is 18.7 Å². The lowest BCUT2D eigenvalue weighted by atomic mass is 10.0. The van der Waals surface area contributed by atoms with Gasteiger partial charge in [-0.2, -0.15) is 0 Å². The van der Waals surface area contributed by atoms with Crippen molar-refractivity contribution in [3.8, 4) is 0 Å². The van der Waals surface area contributed by atoms with Gasteiger partial charge in [-0.15, -0.1) is 0 Å². The van der Waals surface area contributed by atoms with Crippen molar-refractivity contribution >= 4 is 11.7 Å². The van der Waals surface area contributed by atoms with Gasteiger partial charge in [-0.25, -0.2) is 14.4 Å². The molecule has 0 aliphatic heterocycles. The number of aryl methyl sites for hydroxylation is 1. The molecule has 1 amide bonds. The number of aromatic nitrogens is 2. The van der Waals surface area contributed by atoms with Gasteiger partial charge in [-0.1, -0.05) is 13.8 Å². The van der Waals surface area contributed by atoms with Gasteiger partial charge in [0, 0.05) is 0 Å². The molecule has 1 heterocycles. The van der Waals surface area contributed by atoms with E-state index < -0.39 is 17.8 Å². The maximum atomic E-state index is 13.5.